The lowest BCUT2D eigenvalue weighted by Crippen LogP contribution is -2.45. The van der Waals surface area contributed by atoms with Crippen LogP contribution in [0.1, 0.15) is 0 Å². The Hall–Kier alpha value is 0.0269. The molecule has 0 bridgehead atoms. The Bertz CT molecular complexity index is 78.7. The molecule has 0 aliphatic heterocycles. The average Bonchev–Trinajstić information content (AvgIpc) is 2.01. The van der Waals surface area contributed by atoms with Gasteiger partial charge < -0.3 is 14.0 Å². The molecule has 0 aliphatic rings. The molecule has 0 saturated carbocycles. The van der Waals surface area contributed by atoms with Crippen molar-refractivity contribution in [3.05, 3.63) is 0 Å². The van der Waals surface area contributed by atoms with Crippen LogP contribution in [0.4, 0.5) is 4.39 Å². The van der Waals surface area contributed by atoms with Gasteiger partial charge in [-0.3, -0.25) is 4.39 Å². The Morgan fingerprint density at radius 2 is 1.90 bits per heavy atom. The molecule has 0 aliphatic carbocycles. The topological polar surface area (TPSA) is 38.7 Å². The van der Waals surface area contributed by atoms with E-state index >= 15 is 0 Å². The van der Waals surface area contributed by atoms with Gasteiger partial charge >= 0.3 is 8.56 Å². The molecule has 0 aromatic heterocycles. The zero-order valence-electron chi connectivity index (χ0n) is 6.26. The fourth-order valence-electron chi connectivity index (χ4n) is 0.640. The molecule has 0 heterocycles. The monoisotopic (exact) mass is 168 g/mol. The maximum absolute atomic E-state index is 11.8. The van der Waals surface area contributed by atoms with Gasteiger partial charge in [0.2, 0.25) is 0 Å². The van der Waals surface area contributed by atoms with Crippen LogP contribution in [0.25, 0.3) is 0 Å². The Morgan fingerprint density at radius 3 is 2.00 bits per heavy atom. The smallest absolute Gasteiger partial charge is 0.366 e. The Labute approximate surface area is 61.0 Å². The van der Waals surface area contributed by atoms with E-state index in [0.29, 0.717) is 0 Å². The predicted octanol–water partition coefficient (Wildman–Crippen LogP) is 0.222. The molecule has 0 aromatic rings. The van der Waals surface area contributed by atoms with E-state index in [1.165, 1.54) is 14.2 Å². The van der Waals surface area contributed by atoms with Crippen molar-refractivity contribution >= 4 is 8.56 Å². The summed E-state index contributed by atoms with van der Waals surface area (Å²) in [4.78, 5) is 0. The van der Waals surface area contributed by atoms with Gasteiger partial charge in [0.05, 0.1) is 12.9 Å². The van der Waals surface area contributed by atoms with Crippen molar-refractivity contribution in [3.8, 4) is 0 Å². The normalized spacial score (nSPS) is 12.0. The molecule has 0 rings (SSSR count). The third kappa shape index (κ3) is 2.34. The van der Waals surface area contributed by atoms with Crippen LogP contribution in [0.5, 0.6) is 0 Å². The minimum absolute atomic E-state index is 0.191. The van der Waals surface area contributed by atoms with Crippen LogP contribution in [0.2, 0.25) is 6.04 Å². The first-order valence-electron chi connectivity index (χ1n) is 3.02. The minimum atomic E-state index is -2.54. The van der Waals surface area contributed by atoms with E-state index in [0.717, 1.165) is 0 Å². The molecular formula is C5H13FO3Si. The van der Waals surface area contributed by atoms with Crippen molar-refractivity contribution in [1.29, 1.82) is 0 Å². The van der Waals surface area contributed by atoms with Crippen molar-refractivity contribution in [2.45, 2.75) is 6.04 Å². The van der Waals surface area contributed by atoms with Crippen LogP contribution in [0, 0.1) is 0 Å². The fraction of sp³-hybridized carbons (Fsp3) is 1.00. The van der Waals surface area contributed by atoms with Crippen LogP contribution in [0.15, 0.2) is 0 Å². The molecule has 0 radical (unpaired) electrons. The lowest BCUT2D eigenvalue weighted by molar-refractivity contribution is 0.193. The second kappa shape index (κ2) is 4.78. The highest BCUT2D eigenvalue weighted by atomic mass is 28.4. The lowest BCUT2D eigenvalue weighted by atomic mass is 10.9. The third-order valence-corrected chi connectivity index (χ3v) is 4.38. The molecule has 10 heavy (non-hydrogen) atoms. The van der Waals surface area contributed by atoms with E-state index < -0.39 is 15.2 Å². The average molecular weight is 168 g/mol. The van der Waals surface area contributed by atoms with E-state index in [4.69, 9.17) is 14.0 Å². The van der Waals surface area contributed by atoms with Crippen LogP contribution < -0.4 is 0 Å². The lowest BCUT2D eigenvalue weighted by Gasteiger charge is -2.23. The third-order valence-electron chi connectivity index (χ3n) is 1.46. The molecule has 0 spiro atoms. The summed E-state index contributed by atoms with van der Waals surface area (Å²) < 4.78 is 21.6. The Morgan fingerprint density at radius 1 is 1.40 bits per heavy atom. The van der Waals surface area contributed by atoms with Crippen LogP contribution >= 0.6 is 0 Å². The molecule has 0 saturated heterocycles. The van der Waals surface area contributed by atoms with Gasteiger partial charge in [0.15, 0.2) is 0 Å². The van der Waals surface area contributed by atoms with E-state index in [9.17, 15) is 4.39 Å². The highest BCUT2D eigenvalue weighted by Crippen LogP contribution is 2.10. The van der Waals surface area contributed by atoms with Gasteiger partial charge in [-0.05, 0) is 0 Å². The van der Waals surface area contributed by atoms with Gasteiger partial charge in [-0.15, -0.1) is 0 Å². The second-order valence-corrected chi connectivity index (χ2v) is 5.37. The summed E-state index contributed by atoms with van der Waals surface area (Å²) in [5, 5.41) is 8.75. The number of aliphatic hydroxyl groups excluding tert-OH is 1. The van der Waals surface area contributed by atoms with Crippen molar-refractivity contribution in [1.82, 2.24) is 0 Å². The van der Waals surface area contributed by atoms with Gasteiger partial charge in [0, 0.05) is 20.3 Å². The largest absolute Gasteiger partial charge is 0.396 e. The highest BCUT2D eigenvalue weighted by molar-refractivity contribution is 6.67. The molecule has 0 unspecified atom stereocenters. The molecule has 5 heteroatoms. The number of rotatable bonds is 5. The van der Waals surface area contributed by atoms with Crippen LogP contribution in [-0.4, -0.2) is 40.8 Å². The van der Waals surface area contributed by atoms with Gasteiger partial charge in [-0.1, -0.05) is 0 Å². The molecule has 1 N–H and O–H groups in total. The van der Waals surface area contributed by atoms with E-state index in [1.807, 2.05) is 0 Å². The summed E-state index contributed by atoms with van der Waals surface area (Å²) in [6.07, 6.45) is -0.191. The molecule has 0 aromatic carbocycles. The van der Waals surface area contributed by atoms with Gasteiger partial charge in [-0.25, -0.2) is 0 Å². The predicted molar refractivity (Wildman–Crippen MR) is 37.6 cm³/mol. The summed E-state index contributed by atoms with van der Waals surface area (Å²) in [6, 6.07) is 0.191. The molecular weight excluding hydrogens is 155 g/mol. The number of hydrogen-bond acceptors (Lipinski definition) is 3. The first kappa shape index (κ1) is 10.0. The zero-order valence-corrected chi connectivity index (χ0v) is 7.26. The summed E-state index contributed by atoms with van der Waals surface area (Å²) in [5.41, 5.74) is 0. The number of aliphatic hydroxyl groups is 1. The van der Waals surface area contributed by atoms with Gasteiger partial charge in [0.25, 0.3) is 0 Å². The first-order valence-corrected chi connectivity index (χ1v) is 5.25. The van der Waals surface area contributed by atoms with E-state index in [-0.39, 0.29) is 12.3 Å². The molecule has 0 atom stereocenters. The van der Waals surface area contributed by atoms with Gasteiger partial charge in [-0.2, -0.15) is 0 Å². The zero-order chi connectivity index (χ0) is 8.04. The molecule has 0 fully saturated rings. The van der Waals surface area contributed by atoms with Crippen molar-refractivity contribution in [2.75, 3.05) is 27.1 Å². The molecule has 3 nitrogen and oxygen atoms in total. The quantitative estimate of drug-likeness (QED) is 0.597. The summed E-state index contributed by atoms with van der Waals surface area (Å²) in [5.74, 6) is 0. The van der Waals surface area contributed by atoms with Crippen LogP contribution in [-0.2, 0) is 8.85 Å². The van der Waals surface area contributed by atoms with Crippen molar-refractivity contribution in [3.63, 3.8) is 0 Å². The maximum Gasteiger partial charge on any atom is 0.366 e. The number of hydrogen-bond donors (Lipinski definition) is 1. The Kier molecular flexibility index (Phi) is 4.80. The summed E-state index contributed by atoms with van der Waals surface area (Å²) in [6.45, 7) is -0.505. The maximum atomic E-state index is 11.8. The Balaban J connectivity index is 3.87. The van der Waals surface area contributed by atoms with Crippen LogP contribution in [0.3, 0.4) is 0 Å². The molecule has 0 amide bonds. The minimum Gasteiger partial charge on any atom is -0.396 e. The standard InChI is InChI=1S/C5H13FO3Si/c1-8-10(5-7,9-2)4-3-6/h7H,3-5H2,1-2H3. The number of alkyl halides is 1. The van der Waals surface area contributed by atoms with E-state index in [1.54, 1.807) is 0 Å². The highest BCUT2D eigenvalue weighted by Gasteiger charge is 2.34. The summed E-state index contributed by atoms with van der Waals surface area (Å²) in [7, 11) is 0.327. The van der Waals surface area contributed by atoms with E-state index in [2.05, 4.69) is 0 Å². The first-order chi connectivity index (χ1) is 4.74. The summed E-state index contributed by atoms with van der Waals surface area (Å²) >= 11 is 0. The number of halogens is 1. The van der Waals surface area contributed by atoms with Crippen molar-refractivity contribution in [2.24, 2.45) is 0 Å². The second-order valence-electron chi connectivity index (χ2n) is 1.92. The fourth-order valence-corrected chi connectivity index (χ4v) is 1.92. The van der Waals surface area contributed by atoms with Gasteiger partial charge in [0.1, 0.15) is 0 Å². The SMILES string of the molecule is CO[Si](CO)(CCF)OC. The van der Waals surface area contributed by atoms with Crippen molar-refractivity contribution < 1.29 is 18.3 Å². The molecule has 62 valence electrons.